The molecule has 3 N–H and O–H groups in total. The van der Waals surface area contributed by atoms with Gasteiger partial charge in [0.15, 0.2) is 5.91 Å². The Morgan fingerprint density at radius 1 is 1.29 bits per heavy atom. The molecule has 14 heavy (non-hydrogen) atoms. The van der Waals surface area contributed by atoms with Crippen LogP contribution in [-0.4, -0.2) is 35.1 Å². The predicted molar refractivity (Wildman–Crippen MR) is 61.1 cm³/mol. The molecule has 1 unspecified atom stereocenters. The van der Waals surface area contributed by atoms with Gasteiger partial charge in [0, 0.05) is 14.2 Å². The summed E-state index contributed by atoms with van der Waals surface area (Å²) < 4.78 is 10.5. The Balaban J connectivity index is 4.49. The van der Waals surface area contributed by atoms with Crippen molar-refractivity contribution in [2.75, 3.05) is 20.8 Å². The third-order valence-corrected chi connectivity index (χ3v) is 5.92. The average Bonchev–Trinajstić information content (AvgIpc) is 2.04. The Bertz CT molecular complexity index is 154. The van der Waals surface area contributed by atoms with Gasteiger partial charge in [-0.05, 0) is 18.5 Å². The normalized spacial score (nSPS) is 16.3. The van der Waals surface area contributed by atoms with Crippen molar-refractivity contribution in [3.8, 4) is 0 Å². The zero-order chi connectivity index (χ0) is 11.2. The van der Waals surface area contributed by atoms with Crippen molar-refractivity contribution in [3.05, 3.63) is 0 Å². The smallest absolute Gasteiger partial charge is 0.261 e. The Kier molecular flexibility index (Phi) is 6.55. The minimum absolute atomic E-state index is 0.273. The fourth-order valence-electron chi connectivity index (χ4n) is 1.77. The van der Waals surface area contributed by atoms with E-state index in [0.29, 0.717) is 5.92 Å². The van der Waals surface area contributed by atoms with Gasteiger partial charge in [0.1, 0.15) is 0 Å². The lowest BCUT2D eigenvalue weighted by molar-refractivity contribution is -0.0531. The number of nitrogens with one attached hydrogen (secondary N) is 1. The topological polar surface area (TPSA) is 56.5 Å². The van der Waals surface area contributed by atoms with Gasteiger partial charge in [0.2, 0.25) is 0 Å². The Labute approximate surface area is 88.3 Å². The molecule has 0 aliphatic rings. The van der Waals surface area contributed by atoms with E-state index in [1.807, 2.05) is 0 Å². The lowest BCUT2D eigenvalue weighted by atomic mass is 10.3. The Morgan fingerprint density at radius 3 is 2.07 bits per heavy atom. The summed E-state index contributed by atoms with van der Waals surface area (Å²) >= 11 is 0. The van der Waals surface area contributed by atoms with Crippen molar-refractivity contribution in [1.29, 1.82) is 0 Å². The van der Waals surface area contributed by atoms with E-state index in [1.54, 1.807) is 14.2 Å². The fourth-order valence-corrected chi connectivity index (χ4v) is 5.13. The summed E-state index contributed by atoms with van der Waals surface area (Å²) in [7, 11) is 1.14. The van der Waals surface area contributed by atoms with Crippen LogP contribution in [0.15, 0.2) is 0 Å². The highest BCUT2D eigenvalue weighted by molar-refractivity contribution is 6.75. The van der Waals surface area contributed by atoms with E-state index in [9.17, 15) is 0 Å². The largest absolute Gasteiger partial charge is 0.356 e. The maximum Gasteiger partial charge on any atom is 0.261 e. The van der Waals surface area contributed by atoms with Crippen LogP contribution in [0.4, 0.5) is 0 Å². The van der Waals surface area contributed by atoms with E-state index in [4.69, 9.17) is 14.9 Å². The van der Waals surface area contributed by atoms with Gasteiger partial charge in [-0.25, -0.2) is 0 Å². The zero-order valence-electron chi connectivity index (χ0n) is 9.96. The molecular weight excluding hydrogens is 196 g/mol. The van der Waals surface area contributed by atoms with E-state index in [2.05, 4.69) is 25.8 Å². The lowest BCUT2D eigenvalue weighted by Gasteiger charge is -2.34. The van der Waals surface area contributed by atoms with Gasteiger partial charge < -0.3 is 19.9 Å². The number of methoxy groups -OCH3 is 2. The summed E-state index contributed by atoms with van der Waals surface area (Å²) in [4.78, 5) is 3.36. The molecule has 0 aliphatic heterocycles. The van der Waals surface area contributed by atoms with E-state index in [-0.39, 0.29) is 5.91 Å². The van der Waals surface area contributed by atoms with Crippen molar-refractivity contribution in [3.63, 3.8) is 0 Å². The van der Waals surface area contributed by atoms with Crippen LogP contribution in [0.2, 0.25) is 6.04 Å². The summed E-state index contributed by atoms with van der Waals surface area (Å²) in [5.41, 5.74) is 0. The summed E-state index contributed by atoms with van der Waals surface area (Å²) in [5.74, 6) is 0.281. The van der Waals surface area contributed by atoms with E-state index in [0.717, 1.165) is 12.6 Å². The molecule has 0 saturated carbocycles. The number of hydrogen-bond donors (Lipinski definition) is 2. The summed E-state index contributed by atoms with van der Waals surface area (Å²) in [5, 5.41) is 6.35. The first-order valence-corrected chi connectivity index (χ1v) is 7.45. The van der Waals surface area contributed by atoms with Gasteiger partial charge in [-0.15, -0.1) is 0 Å². The van der Waals surface area contributed by atoms with Crippen molar-refractivity contribution >= 4 is 8.40 Å². The van der Waals surface area contributed by atoms with Crippen molar-refractivity contribution in [2.24, 2.45) is 11.3 Å². The van der Waals surface area contributed by atoms with E-state index in [1.165, 1.54) is 0 Å². The molecule has 0 aromatic heterocycles. The highest BCUT2D eigenvalue weighted by atomic mass is 28.3. The minimum atomic E-state index is -2.14. The molecule has 1 atom stereocenters. The monoisotopic (exact) mass is 220 g/mol. The standard InChI is InChI=1S/C9H24N2O2Si/c1-6-11-14(10,7-8(2)3)9(12-4)13-5/h8-9,11H,6-7,10H2,1-5H3. The third kappa shape index (κ3) is 4.06. The number of nitrogens with two attached hydrogens (primary N) is 1. The maximum absolute atomic E-state index is 6.35. The molecule has 0 fully saturated rings. The molecule has 0 saturated heterocycles. The molecule has 0 bridgehead atoms. The molecule has 0 aromatic rings. The van der Waals surface area contributed by atoms with Crippen LogP contribution in [0.5, 0.6) is 0 Å². The summed E-state index contributed by atoms with van der Waals surface area (Å²) in [6.07, 6.45) is 0. The summed E-state index contributed by atoms with van der Waals surface area (Å²) in [6, 6.07) is 0.952. The third-order valence-electron chi connectivity index (χ3n) is 2.10. The fraction of sp³-hybridized carbons (Fsp3) is 1.00. The van der Waals surface area contributed by atoms with Gasteiger partial charge in [-0.3, -0.25) is 0 Å². The molecule has 0 heterocycles. The van der Waals surface area contributed by atoms with E-state index < -0.39 is 8.40 Å². The molecule has 0 spiro atoms. The quantitative estimate of drug-likeness (QED) is 0.492. The Hall–Kier alpha value is 0.0569. The minimum Gasteiger partial charge on any atom is -0.356 e. The van der Waals surface area contributed by atoms with Gasteiger partial charge >= 0.3 is 0 Å². The second-order valence-corrected chi connectivity index (χ2v) is 7.29. The molecule has 5 heteroatoms. The molecular formula is C9H24N2O2Si. The molecule has 0 rings (SSSR count). The van der Waals surface area contributed by atoms with Gasteiger partial charge in [0.25, 0.3) is 8.40 Å². The first-order chi connectivity index (χ1) is 6.50. The predicted octanol–water partition coefficient (Wildman–Crippen LogP) is 0.811. The molecule has 0 aromatic carbocycles. The second-order valence-electron chi connectivity index (χ2n) is 3.97. The Morgan fingerprint density at radius 2 is 1.79 bits per heavy atom. The molecule has 86 valence electrons. The van der Waals surface area contributed by atoms with Crippen LogP contribution in [0.3, 0.4) is 0 Å². The highest BCUT2D eigenvalue weighted by Gasteiger charge is 2.39. The van der Waals surface area contributed by atoms with Gasteiger partial charge in [0.05, 0.1) is 0 Å². The molecule has 0 radical (unpaired) electrons. The van der Waals surface area contributed by atoms with Crippen LogP contribution >= 0.6 is 0 Å². The summed E-state index contributed by atoms with van der Waals surface area (Å²) in [6.45, 7) is 7.23. The molecule has 0 amide bonds. The molecule has 0 aliphatic carbocycles. The SMILES string of the molecule is CCN[Si](N)(CC(C)C)C(OC)OC. The van der Waals surface area contributed by atoms with E-state index >= 15 is 0 Å². The zero-order valence-corrected chi connectivity index (χ0v) is 11.0. The van der Waals surface area contributed by atoms with Crippen molar-refractivity contribution in [2.45, 2.75) is 32.7 Å². The van der Waals surface area contributed by atoms with Crippen LogP contribution in [0, 0.1) is 5.92 Å². The van der Waals surface area contributed by atoms with Crippen LogP contribution in [0.25, 0.3) is 0 Å². The second kappa shape index (κ2) is 6.52. The number of hydrogen-bond acceptors (Lipinski definition) is 4. The molecule has 4 nitrogen and oxygen atoms in total. The van der Waals surface area contributed by atoms with Crippen molar-refractivity contribution < 1.29 is 9.47 Å². The highest BCUT2D eigenvalue weighted by Crippen LogP contribution is 2.15. The first-order valence-electron chi connectivity index (χ1n) is 5.09. The van der Waals surface area contributed by atoms with Gasteiger partial charge in [-0.2, -0.15) is 0 Å². The van der Waals surface area contributed by atoms with Crippen LogP contribution in [-0.2, 0) is 9.47 Å². The van der Waals surface area contributed by atoms with Gasteiger partial charge in [-0.1, -0.05) is 20.8 Å². The first kappa shape index (κ1) is 14.1. The lowest BCUT2D eigenvalue weighted by Crippen LogP contribution is -2.69. The number of ether oxygens (including phenoxy) is 2. The van der Waals surface area contributed by atoms with Crippen molar-refractivity contribution in [1.82, 2.24) is 4.98 Å². The number of rotatable bonds is 7. The van der Waals surface area contributed by atoms with Crippen LogP contribution < -0.4 is 10.4 Å². The average molecular weight is 220 g/mol. The van der Waals surface area contributed by atoms with Crippen LogP contribution in [0.1, 0.15) is 20.8 Å². The maximum atomic E-state index is 6.35.